The van der Waals surface area contributed by atoms with Crippen LogP contribution in [0.2, 0.25) is 0 Å². The van der Waals surface area contributed by atoms with Crippen molar-refractivity contribution in [1.29, 1.82) is 0 Å². The van der Waals surface area contributed by atoms with E-state index in [0.717, 1.165) is 25.2 Å². The summed E-state index contributed by atoms with van der Waals surface area (Å²) in [4.78, 5) is 10.3. The molecule has 3 N–H and O–H groups in total. The Morgan fingerprint density at radius 2 is 2.47 bits per heavy atom. The Bertz CT molecular complexity index is 345. The van der Waals surface area contributed by atoms with Crippen molar-refractivity contribution in [2.45, 2.75) is 44.6 Å². The molecule has 1 aromatic heterocycles. The predicted octanol–water partition coefficient (Wildman–Crippen LogP) is 1.50. The molecule has 0 radical (unpaired) electrons. The molecule has 1 aliphatic rings. The molecule has 2 atom stereocenters. The van der Waals surface area contributed by atoms with E-state index in [1.165, 1.54) is 25.1 Å². The van der Waals surface area contributed by atoms with E-state index in [1.807, 2.05) is 13.1 Å². The quantitative estimate of drug-likeness (QED) is 0.833. The molecule has 17 heavy (non-hydrogen) atoms. The molecule has 0 aliphatic carbocycles. The molecule has 0 aromatic carbocycles. The van der Waals surface area contributed by atoms with Gasteiger partial charge in [0.05, 0.1) is 0 Å². The number of hydrogen-bond donors (Lipinski definition) is 2. The maximum atomic E-state index is 5.76. The third-order valence-corrected chi connectivity index (χ3v) is 3.55. The molecule has 96 valence electrons. The van der Waals surface area contributed by atoms with Crippen LogP contribution in [0.25, 0.3) is 0 Å². The molecule has 2 rings (SSSR count). The maximum absolute atomic E-state index is 5.76. The number of imidazole rings is 1. The summed E-state index contributed by atoms with van der Waals surface area (Å²) in [5, 5.41) is 0. The predicted molar refractivity (Wildman–Crippen MR) is 70.0 cm³/mol. The number of aromatic nitrogens is 2. The second-order valence-corrected chi connectivity index (χ2v) is 5.40. The van der Waals surface area contributed by atoms with Crippen LogP contribution in [0.5, 0.6) is 0 Å². The molecule has 2 unspecified atom stereocenters. The molecule has 1 aromatic rings. The molecule has 2 heterocycles. The van der Waals surface area contributed by atoms with E-state index in [2.05, 4.69) is 21.9 Å². The number of rotatable bonds is 4. The number of piperidine rings is 1. The molecule has 0 spiro atoms. The van der Waals surface area contributed by atoms with Crippen molar-refractivity contribution in [3.8, 4) is 0 Å². The van der Waals surface area contributed by atoms with Gasteiger partial charge in [-0.15, -0.1) is 0 Å². The molecular formula is C13H24N4. The molecule has 4 heteroatoms. The van der Waals surface area contributed by atoms with Gasteiger partial charge in [0.2, 0.25) is 0 Å². The normalized spacial score (nSPS) is 23.8. The zero-order valence-corrected chi connectivity index (χ0v) is 10.9. The van der Waals surface area contributed by atoms with Gasteiger partial charge in [-0.05, 0) is 39.8 Å². The van der Waals surface area contributed by atoms with Crippen molar-refractivity contribution in [3.63, 3.8) is 0 Å². The van der Waals surface area contributed by atoms with E-state index in [1.54, 1.807) is 0 Å². The van der Waals surface area contributed by atoms with Crippen LogP contribution in [0.1, 0.15) is 43.6 Å². The van der Waals surface area contributed by atoms with Gasteiger partial charge in [0.25, 0.3) is 0 Å². The molecule has 1 aliphatic heterocycles. The first-order valence-corrected chi connectivity index (χ1v) is 6.63. The van der Waals surface area contributed by atoms with Crippen LogP contribution >= 0.6 is 0 Å². The van der Waals surface area contributed by atoms with E-state index < -0.39 is 0 Å². The SMILES string of the molecule is CC(N)CCc1ncc(C2CCCN(C)C2)[nH]1. The topological polar surface area (TPSA) is 57.9 Å². The summed E-state index contributed by atoms with van der Waals surface area (Å²) in [6, 6.07) is 0.254. The standard InChI is InChI=1S/C13H24N4/c1-10(14)5-6-13-15-8-12(16-13)11-4-3-7-17(2)9-11/h8,10-11H,3-7,9,14H2,1-2H3,(H,15,16). The summed E-state index contributed by atoms with van der Waals surface area (Å²) in [6.45, 7) is 4.41. The molecular weight excluding hydrogens is 212 g/mol. The van der Waals surface area contributed by atoms with Gasteiger partial charge in [-0.25, -0.2) is 4.98 Å². The minimum atomic E-state index is 0.254. The summed E-state index contributed by atoms with van der Waals surface area (Å²) in [6.07, 6.45) is 6.53. The molecule has 0 amide bonds. The van der Waals surface area contributed by atoms with Gasteiger partial charge >= 0.3 is 0 Å². The van der Waals surface area contributed by atoms with Crippen molar-refractivity contribution in [2.75, 3.05) is 20.1 Å². The average Bonchev–Trinajstić information content (AvgIpc) is 2.75. The van der Waals surface area contributed by atoms with Crippen molar-refractivity contribution in [2.24, 2.45) is 5.73 Å². The van der Waals surface area contributed by atoms with Crippen molar-refractivity contribution in [3.05, 3.63) is 17.7 Å². The number of aryl methyl sites for hydroxylation is 1. The van der Waals surface area contributed by atoms with Crippen molar-refractivity contribution < 1.29 is 0 Å². The Morgan fingerprint density at radius 3 is 3.18 bits per heavy atom. The minimum Gasteiger partial charge on any atom is -0.346 e. The molecule has 1 fully saturated rings. The summed E-state index contributed by atoms with van der Waals surface area (Å²) >= 11 is 0. The number of likely N-dealkylation sites (tertiary alicyclic amines) is 1. The van der Waals surface area contributed by atoms with E-state index in [0.29, 0.717) is 5.92 Å². The Hall–Kier alpha value is -0.870. The highest BCUT2D eigenvalue weighted by molar-refractivity contribution is 5.09. The molecule has 4 nitrogen and oxygen atoms in total. The summed E-state index contributed by atoms with van der Waals surface area (Å²) in [5.41, 5.74) is 7.06. The van der Waals surface area contributed by atoms with E-state index in [4.69, 9.17) is 5.73 Å². The Balaban J connectivity index is 1.92. The lowest BCUT2D eigenvalue weighted by atomic mass is 9.96. The van der Waals surface area contributed by atoms with Crippen LogP contribution in [0.15, 0.2) is 6.20 Å². The fourth-order valence-corrected chi connectivity index (χ4v) is 2.50. The molecule has 1 saturated heterocycles. The van der Waals surface area contributed by atoms with Gasteiger partial charge < -0.3 is 15.6 Å². The lowest BCUT2D eigenvalue weighted by Crippen LogP contribution is -2.30. The number of nitrogens with two attached hydrogens (primary N) is 1. The smallest absolute Gasteiger partial charge is 0.106 e. The fraction of sp³-hybridized carbons (Fsp3) is 0.769. The first-order chi connectivity index (χ1) is 8.15. The highest BCUT2D eigenvalue weighted by atomic mass is 15.1. The zero-order chi connectivity index (χ0) is 12.3. The third-order valence-electron chi connectivity index (χ3n) is 3.55. The summed E-state index contributed by atoms with van der Waals surface area (Å²) < 4.78 is 0. The second-order valence-electron chi connectivity index (χ2n) is 5.40. The zero-order valence-electron chi connectivity index (χ0n) is 10.9. The number of nitrogens with zero attached hydrogens (tertiary/aromatic N) is 2. The van der Waals surface area contributed by atoms with Crippen molar-refractivity contribution >= 4 is 0 Å². The Labute approximate surface area is 104 Å². The fourth-order valence-electron chi connectivity index (χ4n) is 2.50. The number of likely N-dealkylation sites (N-methyl/N-ethyl adjacent to an activating group) is 1. The van der Waals surface area contributed by atoms with Crippen LogP contribution in [0.4, 0.5) is 0 Å². The van der Waals surface area contributed by atoms with Crippen LogP contribution < -0.4 is 5.73 Å². The number of aromatic amines is 1. The third kappa shape index (κ3) is 3.54. The Morgan fingerprint density at radius 1 is 1.65 bits per heavy atom. The van der Waals surface area contributed by atoms with Crippen LogP contribution in [-0.2, 0) is 6.42 Å². The van der Waals surface area contributed by atoms with Crippen molar-refractivity contribution in [1.82, 2.24) is 14.9 Å². The molecule has 0 bridgehead atoms. The Kier molecular flexibility index (Phi) is 4.18. The number of H-pyrrole nitrogens is 1. The first kappa shape index (κ1) is 12.6. The van der Waals surface area contributed by atoms with E-state index in [-0.39, 0.29) is 6.04 Å². The lowest BCUT2D eigenvalue weighted by Gasteiger charge is -2.28. The number of nitrogens with one attached hydrogen (secondary N) is 1. The van der Waals surface area contributed by atoms with Gasteiger partial charge in [-0.3, -0.25) is 0 Å². The number of hydrogen-bond acceptors (Lipinski definition) is 3. The van der Waals surface area contributed by atoms with Crippen LogP contribution in [0, 0.1) is 0 Å². The van der Waals surface area contributed by atoms with Gasteiger partial charge in [0.15, 0.2) is 0 Å². The van der Waals surface area contributed by atoms with Gasteiger partial charge in [-0.2, -0.15) is 0 Å². The lowest BCUT2D eigenvalue weighted by molar-refractivity contribution is 0.248. The summed E-state index contributed by atoms with van der Waals surface area (Å²) in [7, 11) is 2.19. The van der Waals surface area contributed by atoms with Crippen LogP contribution in [0.3, 0.4) is 0 Å². The van der Waals surface area contributed by atoms with Gasteiger partial charge in [0.1, 0.15) is 5.82 Å². The largest absolute Gasteiger partial charge is 0.346 e. The van der Waals surface area contributed by atoms with E-state index >= 15 is 0 Å². The van der Waals surface area contributed by atoms with Gasteiger partial charge in [-0.1, -0.05) is 0 Å². The van der Waals surface area contributed by atoms with Crippen LogP contribution in [-0.4, -0.2) is 41.0 Å². The van der Waals surface area contributed by atoms with Gasteiger partial charge in [0, 0.05) is 36.8 Å². The minimum absolute atomic E-state index is 0.254. The maximum Gasteiger partial charge on any atom is 0.106 e. The first-order valence-electron chi connectivity index (χ1n) is 6.63. The highest BCUT2D eigenvalue weighted by Gasteiger charge is 2.20. The average molecular weight is 236 g/mol. The second kappa shape index (κ2) is 5.65. The molecule has 0 saturated carbocycles. The monoisotopic (exact) mass is 236 g/mol. The summed E-state index contributed by atoms with van der Waals surface area (Å²) in [5.74, 6) is 1.72. The highest BCUT2D eigenvalue weighted by Crippen LogP contribution is 2.24. The van der Waals surface area contributed by atoms with E-state index in [9.17, 15) is 0 Å².